The number of carbonyl (C=O) groups is 3. The van der Waals surface area contributed by atoms with E-state index in [2.05, 4.69) is 5.32 Å². The number of rotatable bonds is 3. The van der Waals surface area contributed by atoms with Crippen LogP contribution in [0.4, 0.5) is 0 Å². The number of carbonyl (C=O) groups excluding carboxylic acids is 3. The quantitative estimate of drug-likeness (QED) is 0.476. The van der Waals surface area contributed by atoms with Crippen molar-refractivity contribution in [2.75, 3.05) is 19.6 Å². The minimum atomic E-state index is -0.424. The summed E-state index contributed by atoms with van der Waals surface area (Å²) in [6.45, 7) is 3.56. The lowest BCUT2D eigenvalue weighted by Crippen LogP contribution is -2.52. The topological polar surface area (TPSA) is 75.7 Å². The van der Waals surface area contributed by atoms with Gasteiger partial charge in [0.15, 0.2) is 0 Å². The molecule has 1 fully saturated rings. The van der Waals surface area contributed by atoms with Crippen molar-refractivity contribution in [3.05, 3.63) is 0 Å². The van der Waals surface area contributed by atoms with Crippen molar-refractivity contribution < 1.29 is 19.1 Å². The number of hydrogen-bond acceptors (Lipinski definition) is 5. The summed E-state index contributed by atoms with van der Waals surface area (Å²) in [5, 5.41) is 2.15. The van der Waals surface area contributed by atoms with E-state index in [4.69, 9.17) is 4.74 Å². The maximum atomic E-state index is 11.2. The number of esters is 1. The molecule has 1 heterocycles. The fourth-order valence-corrected chi connectivity index (χ4v) is 1.29. The molecule has 1 aliphatic rings. The molecule has 0 aromatic rings. The molecule has 2 amide bonds. The van der Waals surface area contributed by atoms with Crippen LogP contribution in [-0.2, 0) is 19.1 Å². The Morgan fingerprint density at radius 3 is 2.40 bits per heavy atom. The first-order chi connectivity index (χ1) is 6.97. The van der Waals surface area contributed by atoms with E-state index in [9.17, 15) is 14.4 Å². The molecule has 6 heteroatoms. The molecule has 0 aliphatic carbocycles. The zero-order valence-corrected chi connectivity index (χ0v) is 8.78. The smallest absolute Gasteiger partial charge is 0.320 e. The van der Waals surface area contributed by atoms with Crippen molar-refractivity contribution in [1.29, 1.82) is 0 Å². The predicted molar refractivity (Wildman–Crippen MR) is 50.8 cm³/mol. The molecule has 1 N–H and O–H groups in total. The summed E-state index contributed by atoms with van der Waals surface area (Å²) in [5.74, 6) is -1.19. The molecule has 0 radical (unpaired) electrons. The van der Waals surface area contributed by atoms with Gasteiger partial charge in [0.25, 0.3) is 0 Å². The zero-order valence-electron chi connectivity index (χ0n) is 8.78. The van der Waals surface area contributed by atoms with Crippen LogP contribution in [0.15, 0.2) is 0 Å². The normalized spacial score (nSPS) is 17.8. The Morgan fingerprint density at radius 1 is 1.40 bits per heavy atom. The van der Waals surface area contributed by atoms with Gasteiger partial charge in [-0.05, 0) is 13.8 Å². The SMILES string of the molecule is CC(C)OC(=O)CN1CC(=O)NC(=O)C1. The maximum absolute atomic E-state index is 11.2. The Hall–Kier alpha value is -1.43. The summed E-state index contributed by atoms with van der Waals surface area (Å²) < 4.78 is 4.90. The summed E-state index contributed by atoms with van der Waals surface area (Å²) in [6.07, 6.45) is -0.188. The van der Waals surface area contributed by atoms with Crippen molar-refractivity contribution in [2.24, 2.45) is 0 Å². The third kappa shape index (κ3) is 4.07. The zero-order chi connectivity index (χ0) is 11.4. The van der Waals surface area contributed by atoms with Gasteiger partial charge < -0.3 is 4.74 Å². The molecule has 0 unspecified atom stereocenters. The average molecular weight is 214 g/mol. The first kappa shape index (κ1) is 11.6. The molecule has 6 nitrogen and oxygen atoms in total. The molecule has 0 spiro atoms. The highest BCUT2D eigenvalue weighted by Gasteiger charge is 2.24. The molecule has 0 saturated carbocycles. The Morgan fingerprint density at radius 2 is 1.93 bits per heavy atom. The van der Waals surface area contributed by atoms with Gasteiger partial charge in [0.2, 0.25) is 11.8 Å². The van der Waals surface area contributed by atoms with Crippen LogP contribution in [-0.4, -0.2) is 48.4 Å². The highest BCUT2D eigenvalue weighted by atomic mass is 16.5. The summed E-state index contributed by atoms with van der Waals surface area (Å²) in [4.78, 5) is 34.6. The lowest BCUT2D eigenvalue weighted by atomic mass is 10.3. The first-order valence-electron chi connectivity index (χ1n) is 4.72. The van der Waals surface area contributed by atoms with Crippen LogP contribution in [0.25, 0.3) is 0 Å². The minimum Gasteiger partial charge on any atom is -0.462 e. The molecule has 15 heavy (non-hydrogen) atoms. The van der Waals surface area contributed by atoms with E-state index < -0.39 is 5.97 Å². The number of nitrogens with zero attached hydrogens (tertiary/aromatic N) is 1. The van der Waals surface area contributed by atoms with Gasteiger partial charge in [0, 0.05) is 0 Å². The van der Waals surface area contributed by atoms with Crippen molar-refractivity contribution >= 4 is 17.8 Å². The molecule has 0 bridgehead atoms. The van der Waals surface area contributed by atoms with Gasteiger partial charge in [-0.3, -0.25) is 24.6 Å². The summed E-state index contributed by atoms with van der Waals surface area (Å²) in [7, 11) is 0. The lowest BCUT2D eigenvalue weighted by molar-refractivity contribution is -0.150. The van der Waals surface area contributed by atoms with Crippen molar-refractivity contribution in [3.63, 3.8) is 0 Å². The second-order valence-electron chi connectivity index (χ2n) is 3.66. The number of hydrogen-bond donors (Lipinski definition) is 1. The van der Waals surface area contributed by atoms with Crippen molar-refractivity contribution in [2.45, 2.75) is 20.0 Å². The minimum absolute atomic E-state index is 0.0304. The molecular formula is C9H14N2O4. The monoisotopic (exact) mass is 214 g/mol. The van der Waals surface area contributed by atoms with Crippen LogP contribution >= 0.6 is 0 Å². The van der Waals surface area contributed by atoms with Crippen LogP contribution in [0, 0.1) is 0 Å². The second kappa shape index (κ2) is 4.88. The van der Waals surface area contributed by atoms with Crippen LogP contribution in [0.2, 0.25) is 0 Å². The Bertz CT molecular complexity index is 272. The predicted octanol–water partition coefficient (Wildman–Crippen LogP) is -1.10. The largest absolute Gasteiger partial charge is 0.462 e. The van der Waals surface area contributed by atoms with Crippen molar-refractivity contribution in [3.8, 4) is 0 Å². The maximum Gasteiger partial charge on any atom is 0.320 e. The molecule has 0 atom stereocenters. The van der Waals surface area contributed by atoms with E-state index in [1.165, 1.54) is 4.90 Å². The number of ether oxygens (including phenoxy) is 1. The Kier molecular flexibility index (Phi) is 3.79. The Labute approximate surface area is 87.6 Å². The second-order valence-corrected chi connectivity index (χ2v) is 3.66. The van der Waals surface area contributed by atoms with E-state index >= 15 is 0 Å². The number of piperazine rings is 1. The average Bonchev–Trinajstić information content (AvgIpc) is 1.98. The highest BCUT2D eigenvalue weighted by Crippen LogP contribution is 1.97. The van der Waals surface area contributed by atoms with Crippen LogP contribution in [0.1, 0.15) is 13.8 Å². The van der Waals surface area contributed by atoms with E-state index in [0.717, 1.165) is 0 Å². The van der Waals surface area contributed by atoms with Gasteiger partial charge in [-0.2, -0.15) is 0 Å². The van der Waals surface area contributed by atoms with E-state index in [1.54, 1.807) is 13.8 Å². The van der Waals surface area contributed by atoms with Gasteiger partial charge in [0.05, 0.1) is 25.7 Å². The molecule has 84 valence electrons. The molecular weight excluding hydrogens is 200 g/mol. The van der Waals surface area contributed by atoms with Gasteiger partial charge in [-0.15, -0.1) is 0 Å². The van der Waals surface area contributed by atoms with Gasteiger partial charge >= 0.3 is 5.97 Å². The standard InChI is InChI=1S/C9H14N2O4/c1-6(2)15-9(14)5-11-3-7(12)10-8(13)4-11/h6H,3-5H2,1-2H3,(H,10,12,13). The Balaban J connectivity index is 2.40. The molecule has 1 aliphatic heterocycles. The molecule has 0 aromatic carbocycles. The van der Waals surface area contributed by atoms with Gasteiger partial charge in [-0.1, -0.05) is 0 Å². The summed E-state index contributed by atoms with van der Waals surface area (Å²) >= 11 is 0. The fourth-order valence-electron chi connectivity index (χ4n) is 1.29. The van der Waals surface area contributed by atoms with E-state index in [1.807, 2.05) is 0 Å². The molecule has 0 aromatic heterocycles. The van der Waals surface area contributed by atoms with Gasteiger partial charge in [-0.25, -0.2) is 0 Å². The molecule has 1 saturated heterocycles. The van der Waals surface area contributed by atoms with Gasteiger partial charge in [0.1, 0.15) is 0 Å². The lowest BCUT2D eigenvalue weighted by Gasteiger charge is -2.24. The van der Waals surface area contributed by atoms with E-state index in [-0.39, 0.29) is 37.6 Å². The van der Waals surface area contributed by atoms with Crippen molar-refractivity contribution in [1.82, 2.24) is 10.2 Å². The number of amides is 2. The third-order valence-corrected chi connectivity index (χ3v) is 1.73. The summed E-state index contributed by atoms with van der Waals surface area (Å²) in [5.41, 5.74) is 0. The number of nitrogens with one attached hydrogen (secondary N) is 1. The number of imide groups is 1. The van der Waals surface area contributed by atoms with Crippen LogP contribution in [0.5, 0.6) is 0 Å². The third-order valence-electron chi connectivity index (χ3n) is 1.73. The highest BCUT2D eigenvalue weighted by molar-refractivity contribution is 5.99. The fraction of sp³-hybridized carbons (Fsp3) is 0.667. The van der Waals surface area contributed by atoms with E-state index in [0.29, 0.717) is 0 Å². The van der Waals surface area contributed by atoms with Crippen LogP contribution in [0.3, 0.4) is 0 Å². The summed E-state index contributed by atoms with van der Waals surface area (Å²) in [6, 6.07) is 0. The first-order valence-corrected chi connectivity index (χ1v) is 4.72. The molecule has 1 rings (SSSR count). The van der Waals surface area contributed by atoms with Crippen LogP contribution < -0.4 is 5.32 Å².